The maximum Gasteiger partial charge on any atom is 0.490 e. The lowest BCUT2D eigenvalue weighted by atomic mass is 9.94. The first-order valence-corrected chi connectivity index (χ1v) is 17.0. The number of rotatable bonds is 7. The minimum Gasteiger partial charge on any atom is -0.475 e. The topological polar surface area (TPSA) is 152 Å². The van der Waals surface area contributed by atoms with E-state index in [9.17, 15) is 32.6 Å². The van der Waals surface area contributed by atoms with E-state index in [2.05, 4.69) is 9.88 Å². The second-order valence-electron chi connectivity index (χ2n) is 13.7. The molecule has 2 aromatic carbocycles. The number of aliphatic carboxylic acids is 1. The average Bonchev–Trinajstić information content (AvgIpc) is 3.62. The van der Waals surface area contributed by atoms with Crippen molar-refractivity contribution in [2.75, 3.05) is 44.7 Å². The fourth-order valence-corrected chi connectivity index (χ4v) is 7.51. The van der Waals surface area contributed by atoms with Crippen LogP contribution in [0.25, 0.3) is 32.9 Å². The Morgan fingerprint density at radius 3 is 2.54 bits per heavy atom. The van der Waals surface area contributed by atoms with Crippen LogP contribution in [0.15, 0.2) is 48.7 Å². The molecular formula is C36H40F4N6O6. The fraction of sp³-hybridized carbons (Fsp3) is 0.472. The Hall–Kier alpha value is -4.67. The Labute approximate surface area is 296 Å². The number of hydrogen-bond acceptors (Lipinski definition) is 9. The molecule has 4 aromatic rings. The van der Waals surface area contributed by atoms with E-state index in [0.29, 0.717) is 36.7 Å². The maximum absolute atomic E-state index is 14.5. The van der Waals surface area contributed by atoms with Crippen molar-refractivity contribution in [3.05, 3.63) is 59.9 Å². The quantitative estimate of drug-likeness (QED) is 0.153. The van der Waals surface area contributed by atoms with Gasteiger partial charge in [0.05, 0.1) is 23.9 Å². The number of aliphatic hydroxyl groups is 1. The molecule has 16 heteroatoms. The van der Waals surface area contributed by atoms with Gasteiger partial charge in [-0.05, 0) is 68.1 Å². The number of aromatic nitrogens is 3. The maximum atomic E-state index is 14.5. The fourth-order valence-electron chi connectivity index (χ4n) is 7.51. The summed E-state index contributed by atoms with van der Waals surface area (Å²) < 4.78 is 52.7. The lowest BCUT2D eigenvalue weighted by Gasteiger charge is -2.35. The Morgan fingerprint density at radius 1 is 1.08 bits per heavy atom. The molecule has 3 fully saturated rings. The number of carboxylic acid groups (broad SMARTS) is 2. The van der Waals surface area contributed by atoms with Crippen molar-refractivity contribution >= 4 is 39.7 Å². The predicted molar refractivity (Wildman–Crippen MR) is 184 cm³/mol. The number of piperidine rings is 1. The number of β-amino-alcohol motifs (C(OH)–C–C–N with tert-alkyl or cyclic N) is 1. The molecule has 5 heterocycles. The van der Waals surface area contributed by atoms with Crippen LogP contribution in [-0.2, 0) is 9.53 Å². The first-order chi connectivity index (χ1) is 24.6. The van der Waals surface area contributed by atoms with Crippen LogP contribution in [0.1, 0.15) is 49.6 Å². The molecule has 3 aliphatic rings. The van der Waals surface area contributed by atoms with Crippen LogP contribution >= 0.6 is 0 Å². The molecule has 1 amide bonds. The Morgan fingerprint density at radius 2 is 1.83 bits per heavy atom. The van der Waals surface area contributed by atoms with E-state index in [1.165, 1.54) is 11.9 Å². The van der Waals surface area contributed by atoms with Gasteiger partial charge in [0, 0.05) is 67.0 Å². The number of hydrogen-bond donors (Lipinski definition) is 3. The largest absolute Gasteiger partial charge is 0.490 e. The van der Waals surface area contributed by atoms with Gasteiger partial charge >= 0.3 is 18.2 Å². The first kappa shape index (κ1) is 37.1. The molecule has 3 N–H and O–H groups in total. The number of fused-ring (bicyclic) bond motifs is 3. The summed E-state index contributed by atoms with van der Waals surface area (Å²) in [5.74, 6) is -2.18. The third-order valence-corrected chi connectivity index (χ3v) is 10.0. The second kappa shape index (κ2) is 14.8. The summed E-state index contributed by atoms with van der Waals surface area (Å²) in [5.41, 5.74) is 3.33. The number of nitrogens with zero attached hydrogens (tertiary/aromatic N) is 6. The molecule has 2 aromatic heterocycles. The van der Waals surface area contributed by atoms with Crippen LogP contribution in [0.3, 0.4) is 0 Å². The molecule has 278 valence electrons. The van der Waals surface area contributed by atoms with Gasteiger partial charge in [-0.25, -0.2) is 23.9 Å². The minimum atomic E-state index is -5.08. The second-order valence-corrected chi connectivity index (χ2v) is 13.7. The molecule has 12 nitrogen and oxygen atoms in total. The number of anilines is 1. The summed E-state index contributed by atoms with van der Waals surface area (Å²) in [6.45, 7) is 4.70. The number of aryl methyl sites for hydroxylation is 1. The SMILES string of the molecule is Cc1nc(-c2cc(C(OC[C@@]34CCCN3C[C@H](F)C4)N(C)C(=O)O)cc3ccccc23)cc2nc(N3CCC[C@@H](O)C3)ncc12.O=C(O)C(F)(F)F. The molecule has 4 atom stereocenters. The van der Waals surface area contributed by atoms with E-state index in [1.807, 2.05) is 54.3 Å². The van der Waals surface area contributed by atoms with E-state index in [-0.39, 0.29) is 6.61 Å². The summed E-state index contributed by atoms with van der Waals surface area (Å²) >= 11 is 0. The van der Waals surface area contributed by atoms with Crippen LogP contribution in [-0.4, -0.2) is 116 Å². The number of aliphatic hydroxyl groups excluding tert-OH is 1. The Bertz CT molecular complexity index is 1970. The van der Waals surface area contributed by atoms with Gasteiger partial charge in [-0.2, -0.15) is 13.2 Å². The molecule has 52 heavy (non-hydrogen) atoms. The minimum absolute atomic E-state index is 0.246. The van der Waals surface area contributed by atoms with Crippen LogP contribution in [0.2, 0.25) is 0 Å². The van der Waals surface area contributed by atoms with Crippen LogP contribution in [0.4, 0.5) is 28.3 Å². The zero-order chi connectivity index (χ0) is 37.4. The summed E-state index contributed by atoms with van der Waals surface area (Å²) in [6.07, 6.45) is -2.73. The third-order valence-electron chi connectivity index (χ3n) is 10.0. The molecule has 0 saturated carbocycles. The lowest BCUT2D eigenvalue weighted by molar-refractivity contribution is -0.192. The molecular weight excluding hydrogens is 688 g/mol. The lowest BCUT2D eigenvalue weighted by Crippen LogP contribution is -2.44. The molecule has 1 unspecified atom stereocenters. The molecule has 0 bridgehead atoms. The van der Waals surface area contributed by atoms with Crippen molar-refractivity contribution < 1.29 is 47.2 Å². The van der Waals surface area contributed by atoms with Crippen molar-refractivity contribution in [2.24, 2.45) is 0 Å². The van der Waals surface area contributed by atoms with E-state index in [0.717, 1.165) is 71.7 Å². The number of pyridine rings is 1. The number of amides is 1. The number of ether oxygens (including phenoxy) is 1. The number of carbonyl (C=O) groups is 2. The summed E-state index contributed by atoms with van der Waals surface area (Å²) in [7, 11) is 1.51. The molecule has 0 spiro atoms. The number of halogens is 4. The van der Waals surface area contributed by atoms with E-state index in [4.69, 9.17) is 24.6 Å². The standard InChI is InChI=1S/C34H39FN6O4.C2HF3O2/c1-21-28-17-36-32(40-11-5-8-25(42)19-40)38-30(28)15-29(37-21)27-14-23(13-22-7-3-4-9-26(22)27)31(39(2)33(43)44)45-20-34-10-6-12-41(34)18-24(35)16-34;3-2(4,5)1(6)7/h3-4,7,9,13-15,17,24-25,31,42H,5-6,8,10-12,16,18-20H2,1-2H3,(H,43,44);(H,6,7)/t24-,25-,31?,34+;/m1./s1. The van der Waals surface area contributed by atoms with Crippen LogP contribution < -0.4 is 4.90 Å². The van der Waals surface area contributed by atoms with Gasteiger partial charge < -0.3 is 25.0 Å². The highest BCUT2D eigenvalue weighted by Crippen LogP contribution is 2.42. The summed E-state index contributed by atoms with van der Waals surface area (Å²) in [6, 6.07) is 13.8. The number of benzene rings is 2. The van der Waals surface area contributed by atoms with Gasteiger partial charge in [0.2, 0.25) is 5.95 Å². The highest BCUT2D eigenvalue weighted by atomic mass is 19.4. The van der Waals surface area contributed by atoms with Gasteiger partial charge in [-0.15, -0.1) is 0 Å². The van der Waals surface area contributed by atoms with Crippen molar-refractivity contribution in [1.82, 2.24) is 24.8 Å². The zero-order valence-corrected chi connectivity index (χ0v) is 28.7. The average molecular weight is 729 g/mol. The first-order valence-electron chi connectivity index (χ1n) is 17.0. The van der Waals surface area contributed by atoms with Crippen molar-refractivity contribution in [3.8, 4) is 11.3 Å². The summed E-state index contributed by atoms with van der Waals surface area (Å²) in [5, 5.41) is 30.1. The molecule has 0 aliphatic carbocycles. The third kappa shape index (κ3) is 7.73. The van der Waals surface area contributed by atoms with Crippen molar-refractivity contribution in [1.29, 1.82) is 0 Å². The molecule has 7 rings (SSSR count). The van der Waals surface area contributed by atoms with E-state index >= 15 is 0 Å². The van der Waals surface area contributed by atoms with Crippen LogP contribution in [0, 0.1) is 6.92 Å². The highest BCUT2D eigenvalue weighted by Gasteiger charge is 2.49. The normalized spacial score (nSPS) is 22.6. The van der Waals surface area contributed by atoms with E-state index in [1.54, 1.807) is 6.20 Å². The Kier molecular flexibility index (Phi) is 10.5. The smallest absolute Gasteiger partial charge is 0.475 e. The monoisotopic (exact) mass is 728 g/mol. The van der Waals surface area contributed by atoms with Crippen molar-refractivity contribution in [3.63, 3.8) is 0 Å². The molecule has 3 saturated heterocycles. The summed E-state index contributed by atoms with van der Waals surface area (Å²) in [4.78, 5) is 41.0. The number of carboxylic acids is 1. The van der Waals surface area contributed by atoms with Gasteiger partial charge in [0.1, 0.15) is 6.17 Å². The van der Waals surface area contributed by atoms with Gasteiger partial charge in [-0.3, -0.25) is 14.8 Å². The predicted octanol–water partition coefficient (Wildman–Crippen LogP) is 5.95. The zero-order valence-electron chi connectivity index (χ0n) is 28.7. The Balaban J connectivity index is 0.000000604. The van der Waals surface area contributed by atoms with Gasteiger partial charge in [-0.1, -0.05) is 24.3 Å². The van der Waals surface area contributed by atoms with Gasteiger partial charge in [0.25, 0.3) is 0 Å². The van der Waals surface area contributed by atoms with Gasteiger partial charge in [0.15, 0.2) is 6.23 Å². The van der Waals surface area contributed by atoms with Crippen molar-refractivity contribution in [2.45, 2.75) is 69.2 Å². The highest BCUT2D eigenvalue weighted by molar-refractivity contribution is 5.98. The van der Waals surface area contributed by atoms with E-state index < -0.39 is 42.3 Å². The number of alkyl halides is 4. The molecule has 3 aliphatic heterocycles. The molecule has 0 radical (unpaired) electrons. The van der Waals surface area contributed by atoms with Crippen LogP contribution in [0.5, 0.6) is 0 Å².